The summed E-state index contributed by atoms with van der Waals surface area (Å²) < 4.78 is 0. The van der Waals surface area contributed by atoms with Crippen LogP contribution in [0.3, 0.4) is 0 Å². The van der Waals surface area contributed by atoms with Crippen LogP contribution < -0.4 is 5.32 Å². The highest BCUT2D eigenvalue weighted by Crippen LogP contribution is 2.12. The molecule has 0 aliphatic carbocycles. The monoisotopic (exact) mass is 213 g/mol. The first-order chi connectivity index (χ1) is 6.86. The quantitative estimate of drug-likeness (QED) is 0.704. The van der Waals surface area contributed by atoms with Crippen LogP contribution in [0.4, 0.5) is 0 Å². The molecule has 1 aromatic rings. The van der Waals surface area contributed by atoms with Crippen molar-refractivity contribution < 1.29 is 0 Å². The highest BCUT2D eigenvalue weighted by molar-refractivity contribution is 7.11. The first kappa shape index (κ1) is 11.6. The van der Waals surface area contributed by atoms with Crippen LogP contribution in [0.25, 0.3) is 0 Å². The number of nitrogens with one attached hydrogen (secondary N) is 1. The van der Waals surface area contributed by atoms with Crippen molar-refractivity contribution in [3.8, 4) is 0 Å². The van der Waals surface area contributed by atoms with Crippen LogP contribution in [-0.4, -0.2) is 23.3 Å². The average molecular weight is 213 g/mol. The molecule has 0 radical (unpaired) electrons. The van der Waals surface area contributed by atoms with E-state index in [1.54, 1.807) is 11.3 Å². The summed E-state index contributed by atoms with van der Waals surface area (Å²) >= 11 is 1.77. The van der Waals surface area contributed by atoms with Gasteiger partial charge in [-0.2, -0.15) is 0 Å². The van der Waals surface area contributed by atoms with Crippen LogP contribution in [0.2, 0.25) is 0 Å². The van der Waals surface area contributed by atoms with Crippen molar-refractivity contribution in [1.29, 1.82) is 0 Å². The molecule has 1 aromatic heterocycles. The summed E-state index contributed by atoms with van der Waals surface area (Å²) in [7, 11) is 0. The molecule has 0 saturated carbocycles. The average Bonchev–Trinajstić information content (AvgIpc) is 2.61. The fourth-order valence-electron chi connectivity index (χ4n) is 1.25. The molecule has 0 aromatic carbocycles. The Balaban J connectivity index is 2.22. The van der Waals surface area contributed by atoms with E-state index in [1.807, 2.05) is 0 Å². The normalized spacial score (nSPS) is 10.7. The summed E-state index contributed by atoms with van der Waals surface area (Å²) in [4.78, 5) is 0. The SMILES string of the molecule is CCCc1nnc(CCCNCC)s1. The molecule has 14 heavy (non-hydrogen) atoms. The van der Waals surface area contributed by atoms with Gasteiger partial charge < -0.3 is 5.32 Å². The van der Waals surface area contributed by atoms with E-state index in [9.17, 15) is 0 Å². The van der Waals surface area contributed by atoms with E-state index in [1.165, 1.54) is 10.0 Å². The van der Waals surface area contributed by atoms with Gasteiger partial charge in [-0.1, -0.05) is 13.8 Å². The van der Waals surface area contributed by atoms with Gasteiger partial charge in [-0.3, -0.25) is 0 Å². The third kappa shape index (κ3) is 4.15. The Labute approximate surface area is 89.9 Å². The Kier molecular flexibility index (Phi) is 5.71. The molecule has 80 valence electrons. The molecule has 0 unspecified atom stereocenters. The zero-order chi connectivity index (χ0) is 10.2. The minimum atomic E-state index is 1.05. The predicted octanol–water partition coefficient (Wildman–Crippen LogP) is 2.03. The maximum atomic E-state index is 4.17. The van der Waals surface area contributed by atoms with Crippen molar-refractivity contribution in [1.82, 2.24) is 15.5 Å². The fraction of sp³-hybridized carbons (Fsp3) is 0.800. The van der Waals surface area contributed by atoms with Crippen molar-refractivity contribution in [2.24, 2.45) is 0 Å². The van der Waals surface area contributed by atoms with Gasteiger partial charge in [0.25, 0.3) is 0 Å². The zero-order valence-corrected chi connectivity index (χ0v) is 9.86. The van der Waals surface area contributed by atoms with Crippen LogP contribution in [0.1, 0.15) is 36.7 Å². The van der Waals surface area contributed by atoms with Gasteiger partial charge in [0.15, 0.2) is 0 Å². The Morgan fingerprint density at radius 3 is 2.50 bits per heavy atom. The van der Waals surface area contributed by atoms with Gasteiger partial charge in [-0.15, -0.1) is 21.5 Å². The number of hydrogen-bond acceptors (Lipinski definition) is 4. The largest absolute Gasteiger partial charge is 0.317 e. The molecule has 0 amide bonds. The van der Waals surface area contributed by atoms with E-state index < -0.39 is 0 Å². The minimum absolute atomic E-state index is 1.05. The molecule has 0 spiro atoms. The van der Waals surface area contributed by atoms with E-state index in [0.29, 0.717) is 0 Å². The summed E-state index contributed by atoms with van der Waals surface area (Å²) in [5.74, 6) is 0. The van der Waals surface area contributed by atoms with Gasteiger partial charge in [0.1, 0.15) is 10.0 Å². The molecule has 4 heteroatoms. The molecule has 0 saturated heterocycles. The molecule has 0 atom stereocenters. The van der Waals surface area contributed by atoms with Crippen molar-refractivity contribution >= 4 is 11.3 Å². The standard InChI is InChI=1S/C10H19N3S/c1-3-6-9-12-13-10(14-9)7-5-8-11-4-2/h11H,3-8H2,1-2H3. The maximum absolute atomic E-state index is 4.17. The summed E-state index contributed by atoms with van der Waals surface area (Å²) in [6, 6.07) is 0. The second kappa shape index (κ2) is 6.90. The first-order valence-corrected chi connectivity index (χ1v) is 6.20. The number of rotatable bonds is 7. The second-order valence-electron chi connectivity index (χ2n) is 3.30. The Hall–Kier alpha value is -0.480. The van der Waals surface area contributed by atoms with Crippen LogP contribution in [-0.2, 0) is 12.8 Å². The summed E-state index contributed by atoms with van der Waals surface area (Å²) in [5, 5.41) is 14.0. The van der Waals surface area contributed by atoms with Crippen LogP contribution in [0.15, 0.2) is 0 Å². The van der Waals surface area contributed by atoms with Crippen LogP contribution in [0.5, 0.6) is 0 Å². The number of hydrogen-bond donors (Lipinski definition) is 1. The van der Waals surface area contributed by atoms with E-state index in [4.69, 9.17) is 0 Å². The van der Waals surface area contributed by atoms with E-state index in [0.717, 1.165) is 38.8 Å². The highest BCUT2D eigenvalue weighted by Gasteiger charge is 2.02. The lowest BCUT2D eigenvalue weighted by atomic mass is 10.3. The molecule has 1 rings (SSSR count). The molecule has 1 heterocycles. The Bertz CT molecular complexity index is 247. The van der Waals surface area contributed by atoms with Gasteiger partial charge in [0.2, 0.25) is 0 Å². The lowest BCUT2D eigenvalue weighted by Gasteiger charge is -1.97. The van der Waals surface area contributed by atoms with Gasteiger partial charge in [-0.05, 0) is 25.9 Å². The molecule has 0 aliphatic heterocycles. The summed E-state index contributed by atoms with van der Waals surface area (Å²) in [5.41, 5.74) is 0. The first-order valence-electron chi connectivity index (χ1n) is 5.38. The molecular weight excluding hydrogens is 194 g/mol. The lowest BCUT2D eigenvalue weighted by Crippen LogP contribution is -2.14. The molecular formula is C10H19N3S. The molecule has 0 fully saturated rings. The smallest absolute Gasteiger partial charge is 0.117 e. The minimum Gasteiger partial charge on any atom is -0.317 e. The third-order valence-corrected chi connectivity index (χ3v) is 3.01. The van der Waals surface area contributed by atoms with Gasteiger partial charge >= 0.3 is 0 Å². The van der Waals surface area contributed by atoms with Crippen molar-refractivity contribution in [2.75, 3.05) is 13.1 Å². The van der Waals surface area contributed by atoms with E-state index in [-0.39, 0.29) is 0 Å². The summed E-state index contributed by atoms with van der Waals surface area (Å²) in [6.07, 6.45) is 4.46. The predicted molar refractivity (Wildman–Crippen MR) is 60.8 cm³/mol. The fourth-order valence-corrected chi connectivity index (χ4v) is 2.23. The Morgan fingerprint density at radius 2 is 1.86 bits per heavy atom. The topological polar surface area (TPSA) is 37.8 Å². The highest BCUT2D eigenvalue weighted by atomic mass is 32.1. The maximum Gasteiger partial charge on any atom is 0.117 e. The van der Waals surface area contributed by atoms with Crippen molar-refractivity contribution in [3.05, 3.63) is 10.0 Å². The number of nitrogens with zero attached hydrogens (tertiary/aromatic N) is 2. The Morgan fingerprint density at radius 1 is 1.14 bits per heavy atom. The molecule has 0 bridgehead atoms. The summed E-state index contributed by atoms with van der Waals surface area (Å²) in [6.45, 7) is 6.44. The van der Waals surface area contributed by atoms with Gasteiger partial charge in [-0.25, -0.2) is 0 Å². The van der Waals surface area contributed by atoms with Gasteiger partial charge in [0.05, 0.1) is 0 Å². The second-order valence-corrected chi connectivity index (χ2v) is 4.44. The zero-order valence-electron chi connectivity index (χ0n) is 9.05. The number of aryl methyl sites for hydroxylation is 2. The lowest BCUT2D eigenvalue weighted by molar-refractivity contribution is 0.668. The van der Waals surface area contributed by atoms with E-state index >= 15 is 0 Å². The van der Waals surface area contributed by atoms with Crippen LogP contribution >= 0.6 is 11.3 Å². The third-order valence-electron chi connectivity index (χ3n) is 1.97. The van der Waals surface area contributed by atoms with Crippen LogP contribution in [0, 0.1) is 0 Å². The molecule has 0 aliphatic rings. The van der Waals surface area contributed by atoms with E-state index in [2.05, 4.69) is 29.4 Å². The molecule has 1 N–H and O–H groups in total. The van der Waals surface area contributed by atoms with Crippen molar-refractivity contribution in [2.45, 2.75) is 39.5 Å². The van der Waals surface area contributed by atoms with Crippen molar-refractivity contribution in [3.63, 3.8) is 0 Å². The number of aromatic nitrogens is 2. The molecule has 3 nitrogen and oxygen atoms in total. The van der Waals surface area contributed by atoms with Gasteiger partial charge in [0, 0.05) is 12.8 Å².